The van der Waals surface area contributed by atoms with E-state index < -0.39 is 0 Å². The maximum Gasteiger partial charge on any atom is 0.238 e. The molecule has 6 heteroatoms. The molecule has 0 aliphatic carbocycles. The van der Waals surface area contributed by atoms with Gasteiger partial charge in [0, 0.05) is 23.8 Å². The molecule has 0 aliphatic rings. The predicted molar refractivity (Wildman–Crippen MR) is 87.0 cm³/mol. The molecule has 0 N–H and O–H groups in total. The Kier molecular flexibility index (Phi) is 4.56. The molecule has 0 saturated carbocycles. The summed E-state index contributed by atoms with van der Waals surface area (Å²) in [7, 11) is 3.12. The molecule has 3 aromatic rings. The number of ether oxygens (including phenoxy) is 3. The number of hydrogen-bond acceptors (Lipinski definition) is 5. The van der Waals surface area contributed by atoms with Gasteiger partial charge in [0.1, 0.15) is 23.1 Å². The molecule has 0 amide bonds. The van der Waals surface area contributed by atoms with Gasteiger partial charge < -0.3 is 14.2 Å². The van der Waals surface area contributed by atoms with Crippen LogP contribution in [-0.2, 0) is 0 Å². The van der Waals surface area contributed by atoms with E-state index >= 15 is 0 Å². The Balaban J connectivity index is 1.90. The van der Waals surface area contributed by atoms with Gasteiger partial charge in [0.25, 0.3) is 0 Å². The zero-order chi connectivity index (χ0) is 16.9. The molecule has 0 saturated heterocycles. The number of hydrogen-bond donors (Lipinski definition) is 0. The number of halogens is 1. The van der Waals surface area contributed by atoms with Gasteiger partial charge in [-0.3, -0.25) is 4.98 Å². The van der Waals surface area contributed by atoms with Gasteiger partial charge in [0.15, 0.2) is 0 Å². The minimum atomic E-state index is -0.335. The highest BCUT2D eigenvalue weighted by atomic mass is 19.1. The zero-order valence-corrected chi connectivity index (χ0v) is 13.2. The Morgan fingerprint density at radius 2 is 1.58 bits per heavy atom. The summed E-state index contributed by atoms with van der Waals surface area (Å²) in [6.45, 7) is 0. The van der Waals surface area contributed by atoms with Crippen LogP contribution < -0.4 is 14.2 Å². The van der Waals surface area contributed by atoms with Gasteiger partial charge in [-0.15, -0.1) is 0 Å². The highest BCUT2D eigenvalue weighted by molar-refractivity contribution is 5.58. The third-order valence-electron chi connectivity index (χ3n) is 3.28. The maximum atomic E-state index is 13.4. The lowest BCUT2D eigenvalue weighted by molar-refractivity contribution is 0.385. The van der Waals surface area contributed by atoms with Gasteiger partial charge in [-0.05, 0) is 12.1 Å². The number of rotatable bonds is 5. The van der Waals surface area contributed by atoms with E-state index in [1.807, 2.05) is 0 Å². The Labute approximate surface area is 138 Å². The highest BCUT2D eigenvalue weighted by Gasteiger charge is 2.08. The first-order valence-electron chi connectivity index (χ1n) is 7.17. The van der Waals surface area contributed by atoms with Crippen molar-refractivity contribution in [1.29, 1.82) is 0 Å². The van der Waals surface area contributed by atoms with Crippen LogP contribution in [0.25, 0.3) is 11.3 Å². The van der Waals surface area contributed by atoms with Crippen LogP contribution >= 0.6 is 0 Å². The molecule has 5 nitrogen and oxygen atoms in total. The first kappa shape index (κ1) is 15.7. The summed E-state index contributed by atoms with van der Waals surface area (Å²) in [5.74, 6) is 1.64. The van der Waals surface area contributed by atoms with E-state index in [-0.39, 0.29) is 11.7 Å². The molecular formula is C18H15FN2O3. The number of methoxy groups -OCH3 is 2. The van der Waals surface area contributed by atoms with E-state index in [4.69, 9.17) is 14.2 Å². The molecule has 0 fully saturated rings. The average Bonchev–Trinajstić information content (AvgIpc) is 2.61. The van der Waals surface area contributed by atoms with E-state index in [0.29, 0.717) is 28.5 Å². The number of benzene rings is 2. The van der Waals surface area contributed by atoms with Crippen molar-refractivity contribution in [2.24, 2.45) is 0 Å². The third kappa shape index (κ3) is 3.60. The van der Waals surface area contributed by atoms with Crippen molar-refractivity contribution in [3.05, 3.63) is 60.7 Å². The van der Waals surface area contributed by atoms with Gasteiger partial charge in [-0.2, -0.15) is 0 Å². The van der Waals surface area contributed by atoms with Gasteiger partial charge >= 0.3 is 0 Å². The number of aromatic nitrogens is 2. The fourth-order valence-corrected chi connectivity index (χ4v) is 2.15. The second kappa shape index (κ2) is 6.95. The maximum absolute atomic E-state index is 13.4. The Morgan fingerprint density at radius 1 is 0.875 bits per heavy atom. The molecule has 3 rings (SSSR count). The summed E-state index contributed by atoms with van der Waals surface area (Å²) in [6, 6.07) is 11.3. The first-order valence-corrected chi connectivity index (χ1v) is 7.17. The lowest BCUT2D eigenvalue weighted by Crippen LogP contribution is -1.94. The van der Waals surface area contributed by atoms with Crippen LogP contribution in [-0.4, -0.2) is 24.2 Å². The molecule has 0 radical (unpaired) electrons. The van der Waals surface area contributed by atoms with E-state index in [1.54, 1.807) is 50.7 Å². The summed E-state index contributed by atoms with van der Waals surface area (Å²) < 4.78 is 29.5. The van der Waals surface area contributed by atoms with Crippen molar-refractivity contribution in [3.63, 3.8) is 0 Å². The highest BCUT2D eigenvalue weighted by Crippen LogP contribution is 2.30. The lowest BCUT2D eigenvalue weighted by Gasteiger charge is -2.10. The van der Waals surface area contributed by atoms with Crippen molar-refractivity contribution >= 4 is 0 Å². The van der Waals surface area contributed by atoms with Crippen molar-refractivity contribution in [1.82, 2.24) is 9.97 Å². The Morgan fingerprint density at radius 3 is 2.25 bits per heavy atom. The van der Waals surface area contributed by atoms with Crippen LogP contribution in [0, 0.1) is 5.82 Å². The van der Waals surface area contributed by atoms with E-state index in [0.717, 1.165) is 0 Å². The summed E-state index contributed by atoms with van der Waals surface area (Å²) >= 11 is 0. The van der Waals surface area contributed by atoms with Crippen molar-refractivity contribution < 1.29 is 18.6 Å². The molecule has 1 heterocycles. The van der Waals surface area contributed by atoms with Gasteiger partial charge in [0.05, 0.1) is 32.3 Å². The van der Waals surface area contributed by atoms with E-state index in [2.05, 4.69) is 9.97 Å². The van der Waals surface area contributed by atoms with Crippen molar-refractivity contribution in [3.8, 4) is 34.4 Å². The van der Waals surface area contributed by atoms with E-state index in [9.17, 15) is 4.39 Å². The van der Waals surface area contributed by atoms with Crippen LogP contribution in [0.5, 0.6) is 23.1 Å². The average molecular weight is 326 g/mol. The summed E-state index contributed by atoms with van der Waals surface area (Å²) in [5.41, 5.74) is 1.14. The molecular weight excluding hydrogens is 311 g/mol. The fourth-order valence-electron chi connectivity index (χ4n) is 2.15. The smallest absolute Gasteiger partial charge is 0.238 e. The summed E-state index contributed by atoms with van der Waals surface area (Å²) in [6.07, 6.45) is 3.03. The Hall–Kier alpha value is -3.15. The summed E-state index contributed by atoms with van der Waals surface area (Å²) in [5, 5.41) is 0. The largest absolute Gasteiger partial charge is 0.496 e. The molecule has 2 aromatic carbocycles. The van der Waals surface area contributed by atoms with E-state index in [1.165, 1.54) is 18.3 Å². The standard InChI is InChI=1S/C18H15FN2O3/c1-22-14-7-15(23-2)9-16(8-14)24-18-11-20-10-17(21-18)12-4-3-5-13(19)6-12/h3-11H,1-2H3. The molecule has 122 valence electrons. The molecule has 0 spiro atoms. The van der Waals surface area contributed by atoms with Gasteiger partial charge in [0.2, 0.25) is 5.88 Å². The minimum Gasteiger partial charge on any atom is -0.496 e. The second-order valence-corrected chi connectivity index (χ2v) is 4.90. The van der Waals surface area contributed by atoms with Gasteiger partial charge in [-0.25, -0.2) is 9.37 Å². The second-order valence-electron chi connectivity index (χ2n) is 4.90. The minimum absolute atomic E-state index is 0.284. The van der Waals surface area contributed by atoms with Gasteiger partial charge in [-0.1, -0.05) is 12.1 Å². The van der Waals surface area contributed by atoms with Crippen LogP contribution in [0.15, 0.2) is 54.9 Å². The fraction of sp³-hybridized carbons (Fsp3) is 0.111. The van der Waals surface area contributed by atoms with Crippen LogP contribution in [0.1, 0.15) is 0 Å². The molecule has 1 aromatic heterocycles. The molecule has 0 bridgehead atoms. The quantitative estimate of drug-likeness (QED) is 0.707. The normalized spacial score (nSPS) is 10.3. The van der Waals surface area contributed by atoms with Crippen LogP contribution in [0.4, 0.5) is 4.39 Å². The predicted octanol–water partition coefficient (Wildman–Crippen LogP) is 4.09. The first-order chi connectivity index (χ1) is 11.7. The Bertz CT molecular complexity index is 833. The zero-order valence-electron chi connectivity index (χ0n) is 13.2. The van der Waals surface area contributed by atoms with Crippen LogP contribution in [0.3, 0.4) is 0 Å². The third-order valence-corrected chi connectivity index (χ3v) is 3.28. The lowest BCUT2D eigenvalue weighted by atomic mass is 10.1. The SMILES string of the molecule is COc1cc(OC)cc(Oc2cncc(-c3cccc(F)c3)n2)c1. The molecule has 0 aliphatic heterocycles. The molecule has 24 heavy (non-hydrogen) atoms. The molecule has 0 unspecified atom stereocenters. The monoisotopic (exact) mass is 326 g/mol. The summed E-state index contributed by atoms with van der Waals surface area (Å²) in [4.78, 5) is 8.46. The van der Waals surface area contributed by atoms with Crippen LogP contribution in [0.2, 0.25) is 0 Å². The van der Waals surface area contributed by atoms with Crippen molar-refractivity contribution in [2.75, 3.05) is 14.2 Å². The molecule has 0 atom stereocenters. The van der Waals surface area contributed by atoms with Crippen molar-refractivity contribution in [2.45, 2.75) is 0 Å². The topological polar surface area (TPSA) is 53.5 Å². The number of nitrogens with zero attached hydrogens (tertiary/aromatic N) is 2.